The highest BCUT2D eigenvalue weighted by atomic mass is 16.5. The predicted octanol–water partition coefficient (Wildman–Crippen LogP) is 3.00. The van der Waals surface area contributed by atoms with E-state index in [1.54, 1.807) is 0 Å². The van der Waals surface area contributed by atoms with E-state index in [1.807, 2.05) is 0 Å². The summed E-state index contributed by atoms with van der Waals surface area (Å²) in [7, 11) is 0. The molecule has 0 aromatic heterocycles. The van der Waals surface area contributed by atoms with Crippen LogP contribution in [-0.4, -0.2) is 25.8 Å². The topological polar surface area (TPSA) is 21.3 Å². The maximum Gasteiger partial charge on any atom is 0.108 e. The van der Waals surface area contributed by atoms with E-state index in [0.717, 1.165) is 31.4 Å². The van der Waals surface area contributed by atoms with Crippen LogP contribution in [0.15, 0.2) is 12.2 Å². The highest BCUT2D eigenvalue weighted by Gasteiger charge is 1.96. The summed E-state index contributed by atoms with van der Waals surface area (Å²) in [5.41, 5.74) is 1.13. The van der Waals surface area contributed by atoms with Gasteiger partial charge in [0.2, 0.25) is 0 Å². The minimum absolute atomic E-state index is 0. The molecule has 16 heavy (non-hydrogen) atoms. The number of rotatable bonds is 8. The van der Waals surface area contributed by atoms with Crippen molar-refractivity contribution in [2.75, 3.05) is 19.8 Å². The molecule has 0 unspecified atom stereocenters. The van der Waals surface area contributed by atoms with Crippen molar-refractivity contribution in [3.63, 3.8) is 0 Å². The van der Waals surface area contributed by atoms with Crippen LogP contribution in [0.1, 0.15) is 41.5 Å². The lowest BCUT2D eigenvalue weighted by molar-refractivity contribution is 0.189. The fourth-order valence-corrected chi connectivity index (χ4v) is 1.12. The summed E-state index contributed by atoms with van der Waals surface area (Å²) in [5.74, 6) is 6.04. The van der Waals surface area contributed by atoms with Gasteiger partial charge in [0.05, 0.1) is 6.61 Å². The van der Waals surface area contributed by atoms with Gasteiger partial charge in [0, 0.05) is 13.9 Å². The minimum atomic E-state index is 0. The molecule has 1 N–H and O–H groups in total. The third-order valence-corrected chi connectivity index (χ3v) is 2.01. The normalized spacial score (nSPS) is 10.0. The van der Waals surface area contributed by atoms with Crippen molar-refractivity contribution < 1.29 is 6.16 Å². The van der Waals surface area contributed by atoms with Crippen molar-refractivity contribution >= 4 is 0 Å². The molecule has 0 bridgehead atoms. The van der Waals surface area contributed by atoms with Gasteiger partial charge in [-0.1, -0.05) is 38.8 Å². The highest BCUT2D eigenvalue weighted by Crippen LogP contribution is 1.97. The fraction of sp³-hybridized carbons (Fsp3) is 0.714. The second-order valence-electron chi connectivity index (χ2n) is 4.21. The van der Waals surface area contributed by atoms with Crippen molar-refractivity contribution in [3.8, 4) is 11.8 Å². The molecule has 0 saturated carbocycles. The van der Waals surface area contributed by atoms with Gasteiger partial charge in [-0.3, -0.25) is 0 Å². The molecule has 0 aliphatic rings. The Hall–Kier alpha value is -0.780. The van der Waals surface area contributed by atoms with Gasteiger partial charge in [-0.2, -0.15) is 0 Å². The van der Waals surface area contributed by atoms with Crippen molar-refractivity contribution in [3.05, 3.63) is 12.2 Å². The van der Waals surface area contributed by atoms with Crippen LogP contribution in [0.2, 0.25) is 0 Å². The van der Waals surface area contributed by atoms with Crippen LogP contribution in [0, 0.1) is 11.8 Å². The van der Waals surface area contributed by atoms with Gasteiger partial charge in [-0.15, -0.1) is 5.92 Å². The SMILES string of the molecule is C=C(CCNC(C)C)COCC#CCCC.[HH]. The molecule has 0 aliphatic heterocycles. The summed E-state index contributed by atoms with van der Waals surface area (Å²) in [6, 6.07) is 0.536. The largest absolute Gasteiger partial charge is 0.364 e. The summed E-state index contributed by atoms with van der Waals surface area (Å²) < 4.78 is 5.40. The molecule has 2 heteroatoms. The second kappa shape index (κ2) is 10.7. The number of hydrogen-bond donors (Lipinski definition) is 1. The number of nitrogens with one attached hydrogen (secondary N) is 1. The van der Waals surface area contributed by atoms with E-state index < -0.39 is 0 Å². The predicted molar refractivity (Wildman–Crippen MR) is 72.5 cm³/mol. The second-order valence-corrected chi connectivity index (χ2v) is 4.21. The number of hydrogen-bond acceptors (Lipinski definition) is 2. The van der Waals surface area contributed by atoms with E-state index in [-0.39, 0.29) is 1.43 Å². The zero-order valence-corrected chi connectivity index (χ0v) is 10.9. The first kappa shape index (κ1) is 15.2. The summed E-state index contributed by atoms with van der Waals surface area (Å²) >= 11 is 0. The molecule has 0 aromatic rings. The Labute approximate surface area is 102 Å². The molecule has 0 radical (unpaired) electrons. The van der Waals surface area contributed by atoms with Gasteiger partial charge in [0.25, 0.3) is 0 Å². The molecular formula is C14H27NO. The molecule has 0 spiro atoms. The molecule has 0 amide bonds. The Kier molecular flexibility index (Phi) is 10.2. The monoisotopic (exact) mass is 225 g/mol. The Morgan fingerprint density at radius 3 is 2.81 bits per heavy atom. The van der Waals surface area contributed by atoms with Crippen LogP contribution >= 0.6 is 0 Å². The Morgan fingerprint density at radius 1 is 1.44 bits per heavy atom. The third-order valence-electron chi connectivity index (χ3n) is 2.01. The lowest BCUT2D eigenvalue weighted by atomic mass is 10.2. The van der Waals surface area contributed by atoms with Crippen molar-refractivity contribution in [1.82, 2.24) is 5.32 Å². The van der Waals surface area contributed by atoms with E-state index in [9.17, 15) is 0 Å². The van der Waals surface area contributed by atoms with Crippen LogP contribution in [-0.2, 0) is 4.74 Å². The zero-order chi connectivity index (χ0) is 12.2. The van der Waals surface area contributed by atoms with E-state index in [0.29, 0.717) is 19.3 Å². The van der Waals surface area contributed by atoms with E-state index in [4.69, 9.17) is 4.74 Å². The Balaban J connectivity index is 0. The van der Waals surface area contributed by atoms with Crippen LogP contribution in [0.3, 0.4) is 0 Å². The number of unbranched alkanes of at least 4 members (excludes halogenated alkanes) is 1. The van der Waals surface area contributed by atoms with E-state index in [2.05, 4.69) is 44.5 Å². The van der Waals surface area contributed by atoms with Gasteiger partial charge >= 0.3 is 0 Å². The van der Waals surface area contributed by atoms with Crippen LogP contribution in [0.25, 0.3) is 0 Å². The average molecular weight is 225 g/mol. The van der Waals surface area contributed by atoms with Crippen LogP contribution in [0.4, 0.5) is 0 Å². The van der Waals surface area contributed by atoms with Gasteiger partial charge in [-0.25, -0.2) is 0 Å². The molecule has 0 rings (SSSR count). The molecule has 0 fully saturated rings. The lowest BCUT2D eigenvalue weighted by Crippen LogP contribution is -2.24. The lowest BCUT2D eigenvalue weighted by Gasteiger charge is -2.09. The molecule has 0 aromatic carbocycles. The van der Waals surface area contributed by atoms with E-state index in [1.165, 1.54) is 0 Å². The van der Waals surface area contributed by atoms with Crippen molar-refractivity contribution in [2.45, 2.75) is 46.1 Å². The molecule has 0 heterocycles. The van der Waals surface area contributed by atoms with Crippen LogP contribution < -0.4 is 5.32 Å². The van der Waals surface area contributed by atoms with Crippen LogP contribution in [0.5, 0.6) is 0 Å². The molecular weight excluding hydrogens is 198 g/mol. The Morgan fingerprint density at radius 2 is 2.19 bits per heavy atom. The maximum atomic E-state index is 5.40. The summed E-state index contributed by atoms with van der Waals surface area (Å²) in [6.45, 7) is 12.5. The first-order chi connectivity index (χ1) is 7.66. The average Bonchev–Trinajstić information content (AvgIpc) is 2.22. The quantitative estimate of drug-likeness (QED) is 0.389. The first-order valence-corrected chi connectivity index (χ1v) is 6.10. The fourth-order valence-electron chi connectivity index (χ4n) is 1.12. The summed E-state index contributed by atoms with van der Waals surface area (Å²) in [5, 5.41) is 3.35. The first-order valence-electron chi connectivity index (χ1n) is 6.10. The molecule has 0 aliphatic carbocycles. The molecule has 0 saturated heterocycles. The molecule has 0 atom stereocenters. The van der Waals surface area contributed by atoms with E-state index >= 15 is 0 Å². The molecule has 94 valence electrons. The van der Waals surface area contributed by atoms with Gasteiger partial charge in [0.1, 0.15) is 6.61 Å². The number of ether oxygens (including phenoxy) is 1. The Bertz CT molecular complexity index is 240. The molecule has 2 nitrogen and oxygen atoms in total. The summed E-state index contributed by atoms with van der Waals surface area (Å²) in [4.78, 5) is 0. The highest BCUT2D eigenvalue weighted by molar-refractivity contribution is 5.00. The minimum Gasteiger partial charge on any atom is -0.364 e. The van der Waals surface area contributed by atoms with Gasteiger partial charge < -0.3 is 10.1 Å². The zero-order valence-electron chi connectivity index (χ0n) is 10.9. The third kappa shape index (κ3) is 11.3. The van der Waals surface area contributed by atoms with Crippen molar-refractivity contribution in [1.29, 1.82) is 0 Å². The maximum absolute atomic E-state index is 5.40. The summed E-state index contributed by atoms with van der Waals surface area (Å²) in [6.07, 6.45) is 3.05. The van der Waals surface area contributed by atoms with Gasteiger partial charge in [0.15, 0.2) is 0 Å². The van der Waals surface area contributed by atoms with Crippen molar-refractivity contribution in [2.24, 2.45) is 0 Å². The smallest absolute Gasteiger partial charge is 0.108 e. The van der Waals surface area contributed by atoms with Gasteiger partial charge in [-0.05, 0) is 19.4 Å². The standard InChI is InChI=1S/C14H25NO.H2/c1-5-6-7-8-11-16-12-14(4)9-10-15-13(2)3;/h13,15H,4-6,9-12H2,1-3H3;1H.